The van der Waals surface area contributed by atoms with E-state index in [-0.39, 0.29) is 30.7 Å². The Hall–Kier alpha value is -5.05. The normalized spacial score (nSPS) is 12.0. The second-order valence-electron chi connectivity index (χ2n) is 12.7. The van der Waals surface area contributed by atoms with Gasteiger partial charge in [0.25, 0.3) is 5.91 Å². The molecule has 0 radical (unpaired) electrons. The summed E-state index contributed by atoms with van der Waals surface area (Å²) in [5.74, 6) is -0.0270. The van der Waals surface area contributed by atoms with E-state index in [9.17, 15) is 14.4 Å². The molecule has 1 heterocycles. The largest absolute Gasteiger partial charge is 0.493 e. The first-order valence-electron chi connectivity index (χ1n) is 15.4. The third kappa shape index (κ3) is 9.72. The van der Waals surface area contributed by atoms with Crippen molar-refractivity contribution in [1.29, 1.82) is 0 Å². The summed E-state index contributed by atoms with van der Waals surface area (Å²) in [5.41, 5.74) is 4.94. The van der Waals surface area contributed by atoms with Gasteiger partial charge in [-0.2, -0.15) is 0 Å². The summed E-state index contributed by atoms with van der Waals surface area (Å²) in [6.45, 7) is 11.1. The SMILES string of the molecule is CC(C)COc1ccc(-c2cnc(-c3ccc(CC(NC(=O)c4ccc(C(C)(C)C)cc4)C(=O)NCCC(=O)O)cc3)nc2)cc1. The van der Waals surface area contributed by atoms with E-state index < -0.39 is 17.9 Å². The quantitative estimate of drug-likeness (QED) is 0.165. The summed E-state index contributed by atoms with van der Waals surface area (Å²) in [7, 11) is 0. The first kappa shape index (κ1) is 33.8. The monoisotopic (exact) mass is 622 g/mol. The molecule has 0 bridgehead atoms. The molecule has 46 heavy (non-hydrogen) atoms. The molecule has 9 nitrogen and oxygen atoms in total. The van der Waals surface area contributed by atoms with Gasteiger partial charge in [-0.1, -0.05) is 83.1 Å². The van der Waals surface area contributed by atoms with Crippen molar-refractivity contribution in [2.24, 2.45) is 5.92 Å². The summed E-state index contributed by atoms with van der Waals surface area (Å²) in [4.78, 5) is 46.2. The highest BCUT2D eigenvalue weighted by molar-refractivity contribution is 5.97. The van der Waals surface area contributed by atoms with Crippen LogP contribution in [0, 0.1) is 5.92 Å². The molecule has 4 aromatic rings. The van der Waals surface area contributed by atoms with Crippen molar-refractivity contribution in [3.63, 3.8) is 0 Å². The smallest absolute Gasteiger partial charge is 0.305 e. The Kier molecular flexibility index (Phi) is 11.2. The van der Waals surface area contributed by atoms with Gasteiger partial charge in [0.15, 0.2) is 5.82 Å². The average molecular weight is 623 g/mol. The van der Waals surface area contributed by atoms with Crippen LogP contribution in [0.5, 0.6) is 5.75 Å². The number of hydrogen-bond acceptors (Lipinski definition) is 6. The standard InChI is InChI=1S/C37H42N4O5/c1-24(2)23-46-31-16-12-26(13-17-31)29-21-39-34(40-22-29)27-8-6-25(7-9-27)20-32(36(45)38-19-18-33(42)43)41-35(44)28-10-14-30(15-11-28)37(3,4)5/h6-17,21-22,24,32H,18-20,23H2,1-5H3,(H,38,45)(H,41,44)(H,42,43). The minimum atomic E-state index is -1.02. The number of carbonyl (C=O) groups excluding carboxylic acids is 2. The average Bonchev–Trinajstić information content (AvgIpc) is 3.03. The maximum absolute atomic E-state index is 13.1. The topological polar surface area (TPSA) is 131 Å². The van der Waals surface area contributed by atoms with E-state index in [1.54, 1.807) is 24.5 Å². The van der Waals surface area contributed by atoms with E-state index in [1.807, 2.05) is 60.7 Å². The molecule has 0 aliphatic rings. The molecule has 1 aromatic heterocycles. The molecule has 3 aromatic carbocycles. The minimum absolute atomic E-state index is 0.0385. The zero-order valence-electron chi connectivity index (χ0n) is 27.0. The summed E-state index contributed by atoms with van der Waals surface area (Å²) in [5, 5.41) is 14.4. The molecule has 4 rings (SSSR count). The van der Waals surface area contributed by atoms with Gasteiger partial charge in [-0.05, 0) is 52.3 Å². The van der Waals surface area contributed by atoms with Crippen molar-refractivity contribution >= 4 is 17.8 Å². The molecule has 0 fully saturated rings. The number of hydrogen-bond donors (Lipinski definition) is 3. The van der Waals surface area contributed by atoms with Gasteiger partial charge >= 0.3 is 5.97 Å². The molecule has 0 spiro atoms. The summed E-state index contributed by atoms with van der Waals surface area (Å²) >= 11 is 0. The van der Waals surface area contributed by atoms with Gasteiger partial charge in [0.2, 0.25) is 5.91 Å². The Bertz CT molecular complexity index is 1610. The molecule has 9 heteroatoms. The lowest BCUT2D eigenvalue weighted by Gasteiger charge is -2.20. The minimum Gasteiger partial charge on any atom is -0.493 e. The zero-order chi connectivity index (χ0) is 33.3. The lowest BCUT2D eigenvalue weighted by Crippen LogP contribution is -2.48. The van der Waals surface area contributed by atoms with Crippen molar-refractivity contribution in [2.75, 3.05) is 13.2 Å². The third-order valence-corrected chi connectivity index (χ3v) is 7.35. The molecular weight excluding hydrogens is 580 g/mol. The van der Waals surface area contributed by atoms with E-state index in [0.29, 0.717) is 23.9 Å². The number of carboxylic acid groups (broad SMARTS) is 1. The highest BCUT2D eigenvalue weighted by atomic mass is 16.5. The number of benzene rings is 3. The predicted molar refractivity (Wildman–Crippen MR) is 179 cm³/mol. The zero-order valence-corrected chi connectivity index (χ0v) is 27.0. The van der Waals surface area contributed by atoms with E-state index in [4.69, 9.17) is 9.84 Å². The van der Waals surface area contributed by atoms with Crippen LogP contribution in [-0.2, 0) is 21.4 Å². The van der Waals surface area contributed by atoms with Crippen molar-refractivity contribution in [3.05, 3.63) is 102 Å². The first-order valence-corrected chi connectivity index (χ1v) is 15.4. The molecule has 240 valence electrons. The Morgan fingerprint density at radius 2 is 1.43 bits per heavy atom. The van der Waals surface area contributed by atoms with Crippen molar-refractivity contribution in [2.45, 2.75) is 58.9 Å². The van der Waals surface area contributed by atoms with E-state index in [0.717, 1.165) is 33.6 Å². The van der Waals surface area contributed by atoms with Crippen LogP contribution in [0.15, 0.2) is 85.2 Å². The van der Waals surface area contributed by atoms with Crippen LogP contribution in [0.2, 0.25) is 0 Å². The molecule has 2 amide bonds. The molecule has 0 saturated carbocycles. The molecule has 3 N–H and O–H groups in total. The number of nitrogens with zero attached hydrogens (tertiary/aromatic N) is 2. The fraction of sp³-hybridized carbons (Fsp3) is 0.324. The fourth-order valence-electron chi connectivity index (χ4n) is 4.65. The second kappa shape index (κ2) is 15.3. The van der Waals surface area contributed by atoms with Gasteiger partial charge in [0, 0.05) is 42.0 Å². The summed E-state index contributed by atoms with van der Waals surface area (Å²) in [6.07, 6.45) is 3.55. The number of aromatic nitrogens is 2. The highest BCUT2D eigenvalue weighted by Crippen LogP contribution is 2.24. The number of ether oxygens (including phenoxy) is 1. The predicted octanol–water partition coefficient (Wildman–Crippen LogP) is 6.07. The lowest BCUT2D eigenvalue weighted by atomic mass is 9.86. The number of nitrogens with one attached hydrogen (secondary N) is 2. The lowest BCUT2D eigenvalue weighted by molar-refractivity contribution is -0.137. The molecule has 0 aliphatic carbocycles. The van der Waals surface area contributed by atoms with Gasteiger partial charge in [0.05, 0.1) is 13.0 Å². The van der Waals surface area contributed by atoms with Gasteiger partial charge in [0.1, 0.15) is 11.8 Å². The van der Waals surface area contributed by atoms with Crippen LogP contribution in [0.4, 0.5) is 0 Å². The van der Waals surface area contributed by atoms with Crippen LogP contribution in [-0.4, -0.2) is 52.1 Å². The van der Waals surface area contributed by atoms with Gasteiger partial charge in [-0.3, -0.25) is 14.4 Å². The number of aliphatic carboxylic acids is 1. The Morgan fingerprint density at radius 1 is 0.826 bits per heavy atom. The fourth-order valence-corrected chi connectivity index (χ4v) is 4.65. The van der Waals surface area contributed by atoms with E-state index in [1.165, 1.54) is 0 Å². The number of carboxylic acids is 1. The molecule has 1 atom stereocenters. The first-order chi connectivity index (χ1) is 21.9. The van der Waals surface area contributed by atoms with Gasteiger partial charge < -0.3 is 20.5 Å². The number of carbonyl (C=O) groups is 3. The molecule has 0 aliphatic heterocycles. The van der Waals surface area contributed by atoms with Crippen LogP contribution >= 0.6 is 0 Å². The van der Waals surface area contributed by atoms with Crippen molar-refractivity contribution in [1.82, 2.24) is 20.6 Å². The maximum Gasteiger partial charge on any atom is 0.305 e. The van der Waals surface area contributed by atoms with Crippen LogP contribution < -0.4 is 15.4 Å². The molecule has 1 unspecified atom stereocenters. The Balaban J connectivity index is 1.44. The Morgan fingerprint density at radius 3 is 2.00 bits per heavy atom. The van der Waals surface area contributed by atoms with Crippen LogP contribution in [0.25, 0.3) is 22.5 Å². The van der Waals surface area contributed by atoms with Crippen molar-refractivity contribution < 1.29 is 24.2 Å². The highest BCUT2D eigenvalue weighted by Gasteiger charge is 2.23. The van der Waals surface area contributed by atoms with Gasteiger partial charge in [-0.25, -0.2) is 9.97 Å². The van der Waals surface area contributed by atoms with Crippen LogP contribution in [0.1, 0.15) is 62.5 Å². The number of rotatable bonds is 13. The molecular formula is C37H42N4O5. The maximum atomic E-state index is 13.1. The summed E-state index contributed by atoms with van der Waals surface area (Å²) in [6, 6.07) is 21.7. The second-order valence-corrected chi connectivity index (χ2v) is 12.7. The van der Waals surface area contributed by atoms with Gasteiger partial charge in [-0.15, -0.1) is 0 Å². The molecule has 0 saturated heterocycles. The van der Waals surface area contributed by atoms with E-state index >= 15 is 0 Å². The van der Waals surface area contributed by atoms with Crippen molar-refractivity contribution in [3.8, 4) is 28.3 Å². The van der Waals surface area contributed by atoms with E-state index in [2.05, 4.69) is 55.2 Å². The third-order valence-electron chi connectivity index (χ3n) is 7.35. The summed E-state index contributed by atoms with van der Waals surface area (Å²) < 4.78 is 5.77. The Labute approximate surface area is 270 Å². The van der Waals surface area contributed by atoms with Crippen LogP contribution in [0.3, 0.4) is 0 Å². The number of amides is 2.